The van der Waals surface area contributed by atoms with Crippen LogP contribution in [0.15, 0.2) is 42.5 Å². The minimum absolute atomic E-state index is 0.605. The van der Waals surface area contributed by atoms with Gasteiger partial charge < -0.3 is 4.84 Å². The third kappa shape index (κ3) is 1.02. The number of benzene rings is 2. The Morgan fingerprint density at radius 1 is 0.917 bits per heavy atom. The summed E-state index contributed by atoms with van der Waals surface area (Å²) in [5.74, 6) is 7.43. The lowest BCUT2D eigenvalue weighted by Gasteiger charge is -2.01. The van der Waals surface area contributed by atoms with Crippen LogP contribution < -0.4 is 10.7 Å². The minimum Gasteiger partial charge on any atom is -0.390 e. The van der Waals surface area contributed by atoms with Crippen molar-refractivity contribution in [2.24, 2.45) is 0 Å². The van der Waals surface area contributed by atoms with Gasteiger partial charge in [-0.3, -0.25) is 0 Å². The molecule has 0 saturated heterocycles. The van der Waals surface area contributed by atoms with Crippen LogP contribution in [0.2, 0.25) is 0 Å². The van der Waals surface area contributed by atoms with E-state index < -0.39 is 0 Å². The third-order valence-corrected chi connectivity index (χ3v) is 1.86. The molecule has 0 aliphatic rings. The van der Waals surface area contributed by atoms with Gasteiger partial charge in [-0.15, -0.1) is 0 Å². The second-order valence-corrected chi connectivity index (χ2v) is 2.58. The Kier molecular flexibility index (Phi) is 1.68. The van der Waals surface area contributed by atoms with E-state index in [1.54, 1.807) is 6.07 Å². The molecule has 0 fully saturated rings. The maximum atomic E-state index is 6.83. The summed E-state index contributed by atoms with van der Waals surface area (Å²) < 4.78 is 0. The maximum absolute atomic E-state index is 6.83. The summed E-state index contributed by atoms with van der Waals surface area (Å²) >= 11 is 0. The molecule has 12 heavy (non-hydrogen) atoms. The summed E-state index contributed by atoms with van der Waals surface area (Å²) in [5, 5.41) is 2.08. The molecule has 1 radical (unpaired) electrons. The van der Waals surface area contributed by atoms with E-state index in [2.05, 4.69) is 4.84 Å². The van der Waals surface area contributed by atoms with Gasteiger partial charge in [0.2, 0.25) is 0 Å². The highest BCUT2D eigenvalue weighted by molar-refractivity contribution is 5.88. The van der Waals surface area contributed by atoms with Crippen molar-refractivity contribution < 1.29 is 4.84 Å². The molecule has 0 aliphatic carbocycles. The van der Waals surface area contributed by atoms with Gasteiger partial charge in [-0.25, -0.2) is 0 Å². The number of hydrogen-bond acceptors (Lipinski definition) is 1. The van der Waals surface area contributed by atoms with Gasteiger partial charge in [-0.1, -0.05) is 42.3 Å². The van der Waals surface area contributed by atoms with Crippen LogP contribution in [0.4, 0.5) is 0 Å². The van der Waals surface area contributed by atoms with Gasteiger partial charge in [0.1, 0.15) is 0 Å². The van der Waals surface area contributed by atoms with Crippen LogP contribution >= 0.6 is 0 Å². The van der Waals surface area contributed by atoms with Crippen molar-refractivity contribution in [1.82, 2.24) is 5.90 Å². The Morgan fingerprint density at radius 2 is 1.67 bits per heavy atom. The Morgan fingerprint density at radius 3 is 2.50 bits per heavy atom. The number of hydrogen-bond donors (Lipinski definition) is 0. The van der Waals surface area contributed by atoms with Gasteiger partial charge in [-0.2, -0.15) is 0 Å². The molecule has 2 rings (SSSR count). The monoisotopic (exact) mass is 158 g/mol. The van der Waals surface area contributed by atoms with E-state index in [0.717, 1.165) is 10.8 Å². The molecule has 2 aromatic carbocycles. The van der Waals surface area contributed by atoms with E-state index >= 15 is 0 Å². The van der Waals surface area contributed by atoms with Gasteiger partial charge in [0.15, 0.2) is 5.75 Å². The standard InChI is InChI=1S/C10H8NO/c11-12-10-7-3-5-8-4-1-2-6-9(8)10/h1-7,11H. The van der Waals surface area contributed by atoms with Crippen LogP contribution in [0.3, 0.4) is 0 Å². The quantitative estimate of drug-likeness (QED) is 0.586. The van der Waals surface area contributed by atoms with Crippen LogP contribution in [0.1, 0.15) is 0 Å². The highest BCUT2D eigenvalue weighted by Gasteiger charge is 1.98. The lowest BCUT2D eigenvalue weighted by molar-refractivity contribution is 0.313. The van der Waals surface area contributed by atoms with E-state index in [9.17, 15) is 0 Å². The largest absolute Gasteiger partial charge is 0.390 e. The van der Waals surface area contributed by atoms with Gasteiger partial charge in [0, 0.05) is 5.39 Å². The van der Waals surface area contributed by atoms with Crippen LogP contribution in [-0.4, -0.2) is 0 Å². The van der Waals surface area contributed by atoms with Crippen LogP contribution in [-0.2, 0) is 0 Å². The first-order valence-corrected chi connectivity index (χ1v) is 3.73. The molecule has 0 unspecified atom stereocenters. The molecule has 0 saturated carbocycles. The van der Waals surface area contributed by atoms with Crippen molar-refractivity contribution in [3.05, 3.63) is 42.5 Å². The van der Waals surface area contributed by atoms with Gasteiger partial charge in [0.05, 0.1) is 0 Å². The lowest BCUT2D eigenvalue weighted by Crippen LogP contribution is -1.87. The normalized spacial score (nSPS) is 10.1. The number of nitrogens with one attached hydrogen (secondary N) is 1. The molecule has 0 atom stereocenters. The van der Waals surface area contributed by atoms with E-state index in [1.807, 2.05) is 36.4 Å². The molecule has 0 aromatic heterocycles. The van der Waals surface area contributed by atoms with Crippen molar-refractivity contribution >= 4 is 10.8 Å². The summed E-state index contributed by atoms with van der Waals surface area (Å²) in [4.78, 5) is 4.48. The minimum atomic E-state index is 0.605. The van der Waals surface area contributed by atoms with Crippen molar-refractivity contribution in [3.8, 4) is 5.75 Å². The number of fused-ring (bicyclic) bond motifs is 1. The number of rotatable bonds is 1. The maximum Gasteiger partial charge on any atom is 0.156 e. The van der Waals surface area contributed by atoms with Crippen LogP contribution in [0, 0.1) is 0 Å². The average Bonchev–Trinajstić information content (AvgIpc) is 2.17. The predicted octanol–water partition coefficient (Wildman–Crippen LogP) is 2.42. The Balaban J connectivity index is 2.79. The Labute approximate surface area is 70.5 Å². The van der Waals surface area contributed by atoms with Crippen molar-refractivity contribution in [3.63, 3.8) is 0 Å². The molecule has 2 aromatic rings. The molecular formula is C10H8NO. The van der Waals surface area contributed by atoms with Crippen LogP contribution in [0.25, 0.3) is 10.8 Å². The second kappa shape index (κ2) is 2.83. The first-order valence-electron chi connectivity index (χ1n) is 3.73. The average molecular weight is 158 g/mol. The molecule has 59 valence electrons. The third-order valence-electron chi connectivity index (χ3n) is 1.86. The summed E-state index contributed by atoms with van der Waals surface area (Å²) in [6.07, 6.45) is 0. The van der Waals surface area contributed by atoms with E-state index in [-0.39, 0.29) is 0 Å². The van der Waals surface area contributed by atoms with Crippen molar-refractivity contribution in [2.45, 2.75) is 0 Å². The Hall–Kier alpha value is -1.54. The van der Waals surface area contributed by atoms with E-state index in [4.69, 9.17) is 5.90 Å². The Bertz CT molecular complexity index is 392. The molecule has 0 aliphatic heterocycles. The summed E-state index contributed by atoms with van der Waals surface area (Å²) in [6.45, 7) is 0. The topological polar surface area (TPSA) is 33.0 Å². The van der Waals surface area contributed by atoms with Crippen molar-refractivity contribution in [2.75, 3.05) is 0 Å². The van der Waals surface area contributed by atoms with Gasteiger partial charge in [0.25, 0.3) is 0 Å². The molecule has 0 amide bonds. The molecule has 1 N–H and O–H groups in total. The second-order valence-electron chi connectivity index (χ2n) is 2.58. The molecular weight excluding hydrogens is 150 g/mol. The zero-order valence-corrected chi connectivity index (χ0v) is 6.45. The van der Waals surface area contributed by atoms with E-state index in [1.165, 1.54) is 0 Å². The van der Waals surface area contributed by atoms with E-state index in [0.29, 0.717) is 5.75 Å². The highest BCUT2D eigenvalue weighted by atomic mass is 16.6. The van der Waals surface area contributed by atoms with Crippen molar-refractivity contribution in [1.29, 1.82) is 0 Å². The molecule has 0 spiro atoms. The van der Waals surface area contributed by atoms with Gasteiger partial charge >= 0.3 is 0 Å². The molecule has 0 bridgehead atoms. The van der Waals surface area contributed by atoms with Gasteiger partial charge in [-0.05, 0) is 11.5 Å². The molecule has 2 heteroatoms. The smallest absolute Gasteiger partial charge is 0.156 e. The first-order chi connectivity index (χ1) is 5.92. The fraction of sp³-hybridized carbons (Fsp3) is 0. The fourth-order valence-corrected chi connectivity index (χ4v) is 1.28. The fourth-order valence-electron chi connectivity index (χ4n) is 1.28. The lowest BCUT2D eigenvalue weighted by atomic mass is 10.1. The zero-order valence-electron chi connectivity index (χ0n) is 6.45. The zero-order chi connectivity index (χ0) is 8.39. The SMILES string of the molecule is [NH]Oc1cccc2ccccc12. The highest BCUT2D eigenvalue weighted by Crippen LogP contribution is 2.23. The van der Waals surface area contributed by atoms with Crippen LogP contribution in [0.5, 0.6) is 5.75 Å². The summed E-state index contributed by atoms with van der Waals surface area (Å²) in [6, 6.07) is 13.5. The predicted molar refractivity (Wildman–Crippen MR) is 47.7 cm³/mol. The summed E-state index contributed by atoms with van der Waals surface area (Å²) in [5.41, 5.74) is 0. The molecule has 0 heterocycles. The first kappa shape index (κ1) is 7.13. The molecule has 2 nitrogen and oxygen atoms in total. The summed E-state index contributed by atoms with van der Waals surface area (Å²) in [7, 11) is 0.